The summed E-state index contributed by atoms with van der Waals surface area (Å²) in [6, 6.07) is 0. The van der Waals surface area contributed by atoms with Crippen molar-refractivity contribution in [2.75, 3.05) is 4.43 Å². The van der Waals surface area contributed by atoms with Gasteiger partial charge >= 0.3 is 88.6 Å². The molecule has 0 N–H and O–H groups in total. The molecule has 0 rings (SSSR count). The topological polar surface area (TPSA) is 0 Å². The average molecular weight is 484 g/mol. The van der Waals surface area contributed by atoms with Gasteiger partial charge in [0.2, 0.25) is 0 Å². The molecule has 8 heavy (non-hydrogen) atoms. The van der Waals surface area contributed by atoms with E-state index in [0.717, 1.165) is 40.0 Å². The van der Waals surface area contributed by atoms with Crippen molar-refractivity contribution in [3.8, 4) is 0 Å². The van der Waals surface area contributed by atoms with Crippen molar-refractivity contribution < 1.29 is 40.0 Å². The van der Waals surface area contributed by atoms with Gasteiger partial charge in [0, 0.05) is 0 Å². The van der Waals surface area contributed by atoms with Gasteiger partial charge in [-0.05, 0) is 0 Å². The molecule has 0 fully saturated rings. The van der Waals surface area contributed by atoms with Gasteiger partial charge in [-0.1, -0.05) is 0 Å². The molecule has 0 saturated heterocycles. The molecule has 0 bridgehead atoms. The summed E-state index contributed by atoms with van der Waals surface area (Å²) in [7, 11) is 0. The van der Waals surface area contributed by atoms with E-state index >= 15 is 0 Å². The molecule has 0 unspecified atom stereocenters. The molecule has 0 radical (unpaired) electrons. The standard InChI is InChI=1S/C3H11I3Si2/c1-2-3-5-8-6-7-4/h2-3,7-8H2,1H3/q-2. The van der Waals surface area contributed by atoms with Crippen LogP contribution in [0.25, 0.3) is 0 Å². The van der Waals surface area contributed by atoms with Crippen LogP contribution in [0, 0.1) is 0 Å². The fourth-order valence-corrected chi connectivity index (χ4v) is 103. The normalized spacial score (nSPS) is 13.8. The average Bonchev–Trinajstić information content (AvgIpc) is 1.81. The van der Waals surface area contributed by atoms with Crippen molar-refractivity contribution in [1.29, 1.82) is 0 Å². The zero-order valence-electron chi connectivity index (χ0n) is 4.96. The van der Waals surface area contributed by atoms with E-state index < -0.39 is 0 Å². The Kier molecular flexibility index (Phi) is 12.8. The predicted octanol–water partition coefficient (Wildman–Crippen LogP) is -5.99. The van der Waals surface area contributed by atoms with Crippen molar-refractivity contribution in [3.05, 3.63) is 0 Å². The first-order valence-corrected chi connectivity index (χ1v) is 24.5. The van der Waals surface area contributed by atoms with E-state index in [-0.39, 0.29) is 0 Å². The summed E-state index contributed by atoms with van der Waals surface area (Å²) in [4.78, 5) is 0. The molecule has 0 spiro atoms. The van der Waals surface area contributed by atoms with E-state index in [1.165, 1.54) is 6.42 Å². The van der Waals surface area contributed by atoms with Crippen molar-refractivity contribution >= 4 is 30.8 Å². The Balaban J connectivity index is 2.53. The second-order valence-corrected chi connectivity index (χ2v) is 44.3. The Morgan fingerprint density at radius 3 is 2.88 bits per heavy atom. The summed E-state index contributed by atoms with van der Waals surface area (Å²) in [6.07, 6.45) is 1.48. The third-order valence-electron chi connectivity index (χ3n) is 0.537. The van der Waals surface area contributed by atoms with E-state index in [1.807, 2.05) is 0 Å². The fraction of sp³-hybridized carbons (Fsp3) is 1.00. The zero-order valence-corrected chi connectivity index (χ0v) is 14.3. The van der Waals surface area contributed by atoms with Crippen LogP contribution < -0.4 is 40.0 Å². The van der Waals surface area contributed by atoms with Crippen LogP contribution in [0.15, 0.2) is 0 Å². The van der Waals surface area contributed by atoms with Crippen molar-refractivity contribution in [3.63, 3.8) is 0 Å². The second kappa shape index (κ2) is 9.62. The van der Waals surface area contributed by atoms with E-state index in [1.54, 1.807) is 4.43 Å². The molecule has 0 saturated carbocycles. The Bertz CT molecular complexity index is 37.5. The van der Waals surface area contributed by atoms with Gasteiger partial charge in [-0.3, -0.25) is 0 Å². The van der Waals surface area contributed by atoms with E-state index in [4.69, 9.17) is 0 Å². The third kappa shape index (κ3) is 8.62. The van der Waals surface area contributed by atoms with Crippen LogP contribution in [0.5, 0.6) is 0 Å². The Morgan fingerprint density at radius 1 is 1.62 bits per heavy atom. The number of hydrogen-bond donors (Lipinski definition) is 0. The molecule has 0 nitrogen and oxygen atoms in total. The Hall–Kier alpha value is 2.62. The van der Waals surface area contributed by atoms with Crippen LogP contribution in [0.4, 0.5) is 0 Å². The number of halogens is 3. The van der Waals surface area contributed by atoms with Gasteiger partial charge in [-0.2, -0.15) is 0 Å². The maximum atomic E-state index is 2.68. The van der Waals surface area contributed by atoms with Crippen molar-refractivity contribution in [1.82, 2.24) is 0 Å². The van der Waals surface area contributed by atoms with Gasteiger partial charge in [-0.15, -0.1) is 0 Å². The van der Waals surface area contributed by atoms with Crippen LogP contribution in [-0.4, -0.2) is 13.5 Å². The second-order valence-electron chi connectivity index (χ2n) is 1.27. The number of hydrogen-bond acceptors (Lipinski definition) is 0. The molecular weight excluding hydrogens is 473 g/mol. The van der Waals surface area contributed by atoms with Crippen molar-refractivity contribution in [2.45, 2.75) is 13.3 Å². The summed E-state index contributed by atoms with van der Waals surface area (Å²) < 4.78 is 2.88. The van der Waals surface area contributed by atoms with Crippen LogP contribution in [0.1, 0.15) is 13.3 Å². The summed E-state index contributed by atoms with van der Waals surface area (Å²) in [5.41, 5.74) is 0. The monoisotopic (exact) mass is 484 g/mol. The molecule has 0 amide bonds. The van der Waals surface area contributed by atoms with Gasteiger partial charge < -0.3 is 0 Å². The van der Waals surface area contributed by atoms with Gasteiger partial charge in [-0.25, -0.2) is 0 Å². The summed E-state index contributed by atoms with van der Waals surface area (Å²) in [6.45, 7) is 2.33. The SMILES string of the molecule is CCC[I-][SiH2][I-][SiH2]I. The number of alkyl halides is 1. The molecule has 0 aromatic rings. The van der Waals surface area contributed by atoms with Gasteiger partial charge in [0.1, 0.15) is 0 Å². The first-order chi connectivity index (χ1) is 3.91. The van der Waals surface area contributed by atoms with Crippen LogP contribution in [-0.2, 0) is 0 Å². The molecular formula is C3H11I3Si2-2. The molecule has 0 aliphatic heterocycles. The Morgan fingerprint density at radius 2 is 2.38 bits per heavy atom. The molecule has 0 aromatic carbocycles. The quantitative estimate of drug-likeness (QED) is 0.120. The molecule has 0 heterocycles. The minimum absolute atomic E-state index is 0.555. The summed E-state index contributed by atoms with van der Waals surface area (Å²) in [5, 5.41) is 0. The fourth-order valence-electron chi connectivity index (χ4n) is 0.262. The van der Waals surface area contributed by atoms with E-state index in [0.29, 0.717) is 9.03 Å². The van der Waals surface area contributed by atoms with Crippen LogP contribution in [0.3, 0.4) is 0 Å². The van der Waals surface area contributed by atoms with E-state index in [9.17, 15) is 0 Å². The first kappa shape index (κ1) is 10.6. The molecule has 0 atom stereocenters. The first-order valence-electron chi connectivity index (χ1n) is 2.54. The molecule has 0 aliphatic rings. The summed E-state index contributed by atoms with van der Waals surface area (Å²) in [5.74, 6) is 0. The molecule has 0 aromatic heterocycles. The number of rotatable bonds is 5. The molecule has 0 aliphatic carbocycles. The third-order valence-corrected chi connectivity index (χ3v) is 71.5. The minimum atomic E-state index is 0.555. The van der Waals surface area contributed by atoms with Gasteiger partial charge in [0.25, 0.3) is 0 Å². The van der Waals surface area contributed by atoms with Gasteiger partial charge in [0.05, 0.1) is 0 Å². The molecule has 5 heteroatoms. The summed E-state index contributed by atoms with van der Waals surface area (Å²) >= 11 is 4.44. The van der Waals surface area contributed by atoms with Crippen LogP contribution in [0.2, 0.25) is 0 Å². The predicted molar refractivity (Wildman–Crippen MR) is 46.3 cm³/mol. The van der Waals surface area contributed by atoms with Crippen LogP contribution >= 0.6 is 21.8 Å². The maximum absolute atomic E-state index is 2.68. The van der Waals surface area contributed by atoms with Crippen molar-refractivity contribution in [2.24, 2.45) is 0 Å². The van der Waals surface area contributed by atoms with E-state index in [2.05, 4.69) is 28.7 Å². The molecule has 54 valence electrons. The zero-order chi connectivity index (χ0) is 6.24. The van der Waals surface area contributed by atoms with Gasteiger partial charge in [0.15, 0.2) is 0 Å². The Labute approximate surface area is 86.9 Å².